The molecule has 2 heterocycles. The Balaban J connectivity index is 1.78. The zero-order chi connectivity index (χ0) is 22.5. The van der Waals surface area contributed by atoms with Crippen molar-refractivity contribution in [1.29, 1.82) is 0 Å². The van der Waals surface area contributed by atoms with Gasteiger partial charge in [-0.3, -0.25) is 19.8 Å². The zero-order valence-corrected chi connectivity index (χ0v) is 19.0. The van der Waals surface area contributed by atoms with Crippen LogP contribution < -0.4 is 9.47 Å². The topological polar surface area (TPSA) is 91.1 Å². The molecule has 1 aromatic rings. The average Bonchev–Trinajstić information content (AvgIpc) is 2.74. The molecule has 0 bridgehead atoms. The van der Waals surface area contributed by atoms with Crippen molar-refractivity contribution in [3.63, 3.8) is 0 Å². The van der Waals surface area contributed by atoms with E-state index in [-0.39, 0.29) is 24.9 Å². The van der Waals surface area contributed by atoms with E-state index in [0.717, 1.165) is 43.9 Å². The number of esters is 1. The molecule has 1 saturated heterocycles. The first kappa shape index (κ1) is 23.3. The highest BCUT2D eigenvalue weighted by Gasteiger charge is 2.40. The molecule has 8 heteroatoms. The van der Waals surface area contributed by atoms with Gasteiger partial charge in [0.05, 0.1) is 20.8 Å². The lowest BCUT2D eigenvalue weighted by atomic mass is 9.74. The number of hydrogen-bond acceptors (Lipinski definition) is 7. The van der Waals surface area contributed by atoms with Gasteiger partial charge in [-0.25, -0.2) is 0 Å². The molecule has 0 aliphatic carbocycles. The molecule has 31 heavy (non-hydrogen) atoms. The number of carbonyl (C=O) groups is 1. The van der Waals surface area contributed by atoms with Gasteiger partial charge in [0.1, 0.15) is 6.42 Å². The van der Waals surface area contributed by atoms with Crippen LogP contribution in [0.25, 0.3) is 0 Å². The van der Waals surface area contributed by atoms with Crippen LogP contribution in [0.15, 0.2) is 12.1 Å². The van der Waals surface area contributed by atoms with Crippen LogP contribution in [-0.4, -0.2) is 56.3 Å². The second kappa shape index (κ2) is 10.3. The van der Waals surface area contributed by atoms with Gasteiger partial charge in [0, 0.05) is 24.1 Å². The van der Waals surface area contributed by atoms with Crippen molar-refractivity contribution in [2.45, 2.75) is 45.6 Å². The number of ether oxygens (including phenoxy) is 3. The highest BCUT2D eigenvalue weighted by molar-refractivity contribution is 5.69. The second-order valence-corrected chi connectivity index (χ2v) is 9.04. The Labute approximate surface area is 184 Å². The normalized spacial score (nSPS) is 23.1. The fraction of sp³-hybridized carbons (Fsp3) is 0.696. The Kier molecular flexibility index (Phi) is 7.75. The van der Waals surface area contributed by atoms with Crippen LogP contribution in [0.5, 0.6) is 11.5 Å². The van der Waals surface area contributed by atoms with Crippen LogP contribution in [0.4, 0.5) is 0 Å². The Morgan fingerprint density at radius 1 is 1.23 bits per heavy atom. The molecule has 0 unspecified atom stereocenters. The van der Waals surface area contributed by atoms with E-state index in [9.17, 15) is 14.9 Å². The van der Waals surface area contributed by atoms with Gasteiger partial charge >= 0.3 is 5.97 Å². The average molecular weight is 435 g/mol. The molecule has 3 atom stereocenters. The summed E-state index contributed by atoms with van der Waals surface area (Å²) < 4.78 is 16.5. The number of hydrogen-bond donors (Lipinski definition) is 0. The molecule has 0 radical (unpaired) electrons. The minimum Gasteiger partial charge on any atom is -0.493 e. The standard InChI is InChI=1S/C23H34N2O6/c1-15(2)9-17-13-24-7-5-16-11-21(29-3)22(30-4)12-19(16)20(24)10-18(17)14-31-23(26)6-8-25(27)28/h11-12,15,17-18,20H,5-10,13-14H2,1-4H3/t17-,18+,20-/m1/s1. The molecule has 8 nitrogen and oxygen atoms in total. The minimum atomic E-state index is -0.488. The van der Waals surface area contributed by atoms with Gasteiger partial charge in [0.25, 0.3) is 0 Å². The molecule has 0 N–H and O–H groups in total. The van der Waals surface area contributed by atoms with Crippen LogP contribution in [0.2, 0.25) is 0 Å². The van der Waals surface area contributed by atoms with E-state index in [1.54, 1.807) is 14.2 Å². The van der Waals surface area contributed by atoms with Gasteiger partial charge in [-0.1, -0.05) is 13.8 Å². The number of piperidine rings is 1. The number of carbonyl (C=O) groups excluding carboxylic acids is 1. The minimum absolute atomic E-state index is 0.177. The summed E-state index contributed by atoms with van der Waals surface area (Å²) in [4.78, 5) is 24.6. The molecule has 0 amide bonds. The maximum atomic E-state index is 12.0. The van der Waals surface area contributed by atoms with Gasteiger partial charge in [-0.05, 0) is 60.3 Å². The molecule has 0 spiro atoms. The van der Waals surface area contributed by atoms with E-state index in [1.165, 1.54) is 11.1 Å². The van der Waals surface area contributed by atoms with E-state index in [1.807, 2.05) is 0 Å². The van der Waals surface area contributed by atoms with E-state index >= 15 is 0 Å². The third-order valence-corrected chi connectivity index (χ3v) is 6.51. The molecule has 1 aromatic carbocycles. The molecule has 2 aliphatic heterocycles. The summed E-state index contributed by atoms with van der Waals surface area (Å²) in [5.74, 6) is 2.20. The van der Waals surface area contributed by atoms with Gasteiger partial charge in [0.2, 0.25) is 6.54 Å². The lowest BCUT2D eigenvalue weighted by molar-refractivity contribution is -0.479. The predicted octanol–water partition coefficient (Wildman–Crippen LogP) is 3.50. The smallest absolute Gasteiger partial charge is 0.312 e. The van der Waals surface area contributed by atoms with Crippen LogP contribution in [0.1, 0.15) is 50.3 Å². The number of methoxy groups -OCH3 is 2. The zero-order valence-electron chi connectivity index (χ0n) is 19.0. The Morgan fingerprint density at radius 3 is 2.58 bits per heavy atom. The van der Waals surface area contributed by atoms with Crippen molar-refractivity contribution in [1.82, 2.24) is 4.90 Å². The van der Waals surface area contributed by atoms with Crippen molar-refractivity contribution < 1.29 is 23.9 Å². The third kappa shape index (κ3) is 5.67. The second-order valence-electron chi connectivity index (χ2n) is 9.04. The van der Waals surface area contributed by atoms with Crippen molar-refractivity contribution in [2.75, 3.05) is 40.5 Å². The summed E-state index contributed by atoms with van der Waals surface area (Å²) in [7, 11) is 3.30. The summed E-state index contributed by atoms with van der Waals surface area (Å²) in [5.41, 5.74) is 2.54. The predicted molar refractivity (Wildman–Crippen MR) is 116 cm³/mol. The van der Waals surface area contributed by atoms with Crippen LogP contribution in [-0.2, 0) is 16.0 Å². The van der Waals surface area contributed by atoms with E-state index in [0.29, 0.717) is 18.4 Å². The van der Waals surface area contributed by atoms with Gasteiger partial charge in [-0.15, -0.1) is 0 Å². The summed E-state index contributed by atoms with van der Waals surface area (Å²) >= 11 is 0. The molecule has 0 aromatic heterocycles. The lowest BCUT2D eigenvalue weighted by Crippen LogP contribution is -2.47. The summed E-state index contributed by atoms with van der Waals surface area (Å²) in [6, 6.07) is 4.42. The monoisotopic (exact) mass is 434 g/mol. The van der Waals surface area contributed by atoms with E-state index in [4.69, 9.17) is 14.2 Å². The van der Waals surface area contributed by atoms with Crippen molar-refractivity contribution >= 4 is 5.97 Å². The first-order chi connectivity index (χ1) is 14.8. The maximum absolute atomic E-state index is 12.0. The molecule has 3 rings (SSSR count). The number of nitro groups is 1. The van der Waals surface area contributed by atoms with E-state index in [2.05, 4.69) is 30.9 Å². The number of benzene rings is 1. The van der Waals surface area contributed by atoms with Gasteiger partial charge < -0.3 is 14.2 Å². The maximum Gasteiger partial charge on any atom is 0.312 e. The van der Waals surface area contributed by atoms with Crippen molar-refractivity contribution in [3.8, 4) is 11.5 Å². The number of rotatable bonds is 9. The Hall–Kier alpha value is -2.35. The molecular formula is C23H34N2O6. The lowest BCUT2D eigenvalue weighted by Gasteiger charge is -2.47. The van der Waals surface area contributed by atoms with Gasteiger partial charge in [0.15, 0.2) is 11.5 Å². The number of fused-ring (bicyclic) bond motifs is 3. The highest BCUT2D eigenvalue weighted by Crippen LogP contribution is 2.45. The molecular weight excluding hydrogens is 400 g/mol. The first-order valence-electron chi connectivity index (χ1n) is 11.1. The first-order valence-corrected chi connectivity index (χ1v) is 11.1. The highest BCUT2D eigenvalue weighted by atomic mass is 16.6. The van der Waals surface area contributed by atoms with Crippen LogP contribution in [0.3, 0.4) is 0 Å². The summed E-state index contributed by atoms with van der Waals surface area (Å²) in [6.07, 6.45) is 2.76. The molecule has 1 fully saturated rings. The molecule has 0 saturated carbocycles. The molecule has 172 valence electrons. The third-order valence-electron chi connectivity index (χ3n) is 6.51. The fourth-order valence-electron chi connectivity index (χ4n) is 5.04. The quantitative estimate of drug-likeness (QED) is 0.334. The molecule has 2 aliphatic rings. The van der Waals surface area contributed by atoms with Crippen molar-refractivity contribution in [2.24, 2.45) is 17.8 Å². The summed E-state index contributed by atoms with van der Waals surface area (Å²) in [5, 5.41) is 10.5. The van der Waals surface area contributed by atoms with Crippen molar-refractivity contribution in [3.05, 3.63) is 33.4 Å². The Bertz CT molecular complexity index is 797. The van der Waals surface area contributed by atoms with E-state index < -0.39 is 10.9 Å². The largest absolute Gasteiger partial charge is 0.493 e. The summed E-state index contributed by atoms with van der Waals surface area (Å²) in [6.45, 7) is 6.33. The fourth-order valence-corrected chi connectivity index (χ4v) is 5.04. The Morgan fingerprint density at radius 2 is 1.94 bits per heavy atom. The van der Waals surface area contributed by atoms with Crippen LogP contribution >= 0.6 is 0 Å². The van der Waals surface area contributed by atoms with Gasteiger partial charge in [-0.2, -0.15) is 0 Å². The SMILES string of the molecule is COc1cc2c(cc1OC)[C@H]1C[C@@H](COC(=O)CC[N+](=O)[O-])[C@H](CC(C)C)CN1CC2. The number of nitrogens with zero attached hydrogens (tertiary/aromatic N) is 2. The van der Waals surface area contributed by atoms with Crippen LogP contribution in [0, 0.1) is 27.9 Å².